The van der Waals surface area contributed by atoms with Gasteiger partial charge in [0, 0.05) is 24.9 Å². The first-order valence-electron chi connectivity index (χ1n) is 10.3. The smallest absolute Gasteiger partial charge is 0.356 e. The van der Waals surface area contributed by atoms with Crippen molar-refractivity contribution in [2.45, 2.75) is 67.0 Å². The minimum atomic E-state index is -0.488. The fourth-order valence-corrected chi connectivity index (χ4v) is 3.57. The first kappa shape index (κ1) is 22.7. The zero-order valence-electron chi connectivity index (χ0n) is 18.6. The predicted molar refractivity (Wildman–Crippen MR) is 117 cm³/mol. The van der Waals surface area contributed by atoms with Crippen LogP contribution in [0.2, 0.25) is 0 Å². The van der Waals surface area contributed by atoms with Crippen molar-refractivity contribution in [3.8, 4) is 0 Å². The van der Waals surface area contributed by atoms with Crippen molar-refractivity contribution >= 4 is 34.3 Å². The molecule has 0 radical (unpaired) electrons. The van der Waals surface area contributed by atoms with Gasteiger partial charge in [-0.25, -0.2) is 9.78 Å². The number of esters is 1. The molecule has 0 spiro atoms. The second-order valence-corrected chi connectivity index (χ2v) is 8.50. The van der Waals surface area contributed by atoms with Crippen LogP contribution in [-0.2, 0) is 16.1 Å². The molecule has 160 valence electrons. The van der Waals surface area contributed by atoms with Gasteiger partial charge in [0.1, 0.15) is 5.65 Å². The number of nitrogens with one attached hydrogen (secondary N) is 2. The number of fused-ring (bicyclic) bond motifs is 1. The van der Waals surface area contributed by atoms with Gasteiger partial charge in [-0.2, -0.15) is 0 Å². The molecule has 29 heavy (non-hydrogen) atoms. The lowest BCUT2D eigenvalue weighted by atomic mass is 10.1. The largest absolute Gasteiger partial charge is 0.464 e. The molecule has 2 N–H and O–H groups in total. The molecule has 1 amide bonds. The molecule has 2 rings (SSSR count). The molecule has 2 aromatic rings. The van der Waals surface area contributed by atoms with Crippen LogP contribution in [-0.4, -0.2) is 34.6 Å². The number of carbonyl (C=O) groups excluding carboxylic acids is 2. The third kappa shape index (κ3) is 5.71. The molecule has 7 heteroatoms. The van der Waals surface area contributed by atoms with Gasteiger partial charge in [-0.05, 0) is 37.7 Å². The lowest BCUT2D eigenvalue weighted by Gasteiger charge is -2.17. The number of hydrogen-bond acceptors (Lipinski definition) is 5. The summed E-state index contributed by atoms with van der Waals surface area (Å²) in [5.74, 6) is 0.301. The average Bonchev–Trinajstić information content (AvgIpc) is 2.91. The van der Waals surface area contributed by atoms with E-state index in [-0.39, 0.29) is 11.9 Å². The maximum absolute atomic E-state index is 12.6. The lowest BCUT2D eigenvalue weighted by molar-refractivity contribution is -0.114. The molecule has 0 aromatic carbocycles. The van der Waals surface area contributed by atoms with E-state index in [2.05, 4.69) is 50.2 Å². The molecule has 2 heterocycles. The molecule has 0 aliphatic carbocycles. The van der Waals surface area contributed by atoms with E-state index in [1.165, 1.54) is 14.0 Å². The monoisotopic (exact) mass is 402 g/mol. The summed E-state index contributed by atoms with van der Waals surface area (Å²) in [5, 5.41) is 7.02. The highest BCUT2D eigenvalue weighted by Crippen LogP contribution is 2.33. The molecule has 0 unspecified atom stereocenters. The number of ether oxygens (including phenoxy) is 1. The summed E-state index contributed by atoms with van der Waals surface area (Å²) >= 11 is 0. The summed E-state index contributed by atoms with van der Waals surface area (Å²) < 4.78 is 6.87. The Hall–Kier alpha value is -2.57. The van der Waals surface area contributed by atoms with E-state index in [1.807, 2.05) is 10.6 Å². The van der Waals surface area contributed by atoms with Crippen molar-refractivity contribution in [1.29, 1.82) is 0 Å². The van der Waals surface area contributed by atoms with Gasteiger partial charge < -0.3 is 19.9 Å². The molecule has 0 saturated carbocycles. The van der Waals surface area contributed by atoms with Gasteiger partial charge >= 0.3 is 5.97 Å². The number of aryl methyl sites for hydroxylation is 1. The predicted octanol–water partition coefficient (Wildman–Crippen LogP) is 4.67. The number of amides is 1. The van der Waals surface area contributed by atoms with Crippen LogP contribution in [0, 0.1) is 11.8 Å². The Bertz CT molecular complexity index is 871. The average molecular weight is 403 g/mol. The van der Waals surface area contributed by atoms with Crippen LogP contribution < -0.4 is 10.6 Å². The van der Waals surface area contributed by atoms with Crippen LogP contribution in [0.4, 0.5) is 11.4 Å². The Morgan fingerprint density at radius 3 is 2.41 bits per heavy atom. The second-order valence-electron chi connectivity index (χ2n) is 8.50. The Kier molecular flexibility index (Phi) is 7.65. The highest BCUT2D eigenvalue weighted by atomic mass is 16.5. The second kappa shape index (κ2) is 9.76. The number of rotatable bonds is 9. The number of aromatic nitrogens is 2. The van der Waals surface area contributed by atoms with Gasteiger partial charge in [0.15, 0.2) is 5.69 Å². The zero-order valence-corrected chi connectivity index (χ0v) is 18.6. The van der Waals surface area contributed by atoms with Crippen LogP contribution in [0.25, 0.3) is 11.0 Å². The molecule has 0 fully saturated rings. The van der Waals surface area contributed by atoms with Crippen molar-refractivity contribution in [2.75, 3.05) is 17.7 Å². The number of hydrogen-bond donors (Lipinski definition) is 2. The normalized spacial score (nSPS) is 12.4. The SMILES string of the molecule is COC(=O)c1c(NC(C)=O)c2cc(N[C@H](C)CC(C)C)cnc2n1CCC(C)C. The summed E-state index contributed by atoms with van der Waals surface area (Å²) in [7, 11) is 1.35. The fourth-order valence-electron chi connectivity index (χ4n) is 3.57. The van der Waals surface area contributed by atoms with Crippen molar-refractivity contribution in [3.63, 3.8) is 0 Å². The lowest BCUT2D eigenvalue weighted by Crippen LogP contribution is -2.17. The maximum Gasteiger partial charge on any atom is 0.356 e. The van der Waals surface area contributed by atoms with Crippen LogP contribution in [0.1, 0.15) is 64.9 Å². The van der Waals surface area contributed by atoms with Crippen LogP contribution in [0.5, 0.6) is 0 Å². The summed E-state index contributed by atoms with van der Waals surface area (Å²) in [6.45, 7) is 12.8. The highest BCUT2D eigenvalue weighted by molar-refractivity contribution is 6.10. The zero-order chi connectivity index (χ0) is 21.7. The molecule has 2 aromatic heterocycles. The third-order valence-corrected chi connectivity index (χ3v) is 4.75. The molecule has 0 saturated heterocycles. The number of anilines is 2. The van der Waals surface area contributed by atoms with E-state index in [0.717, 1.165) is 23.9 Å². The van der Waals surface area contributed by atoms with Crippen molar-refractivity contribution in [1.82, 2.24) is 9.55 Å². The van der Waals surface area contributed by atoms with E-state index in [1.54, 1.807) is 6.20 Å². The molecular formula is C22H34N4O3. The molecule has 7 nitrogen and oxygen atoms in total. The Labute approximate surface area is 173 Å². The van der Waals surface area contributed by atoms with Gasteiger partial charge in [0.25, 0.3) is 0 Å². The van der Waals surface area contributed by atoms with Crippen LogP contribution in [0.3, 0.4) is 0 Å². The first-order chi connectivity index (χ1) is 13.6. The van der Waals surface area contributed by atoms with Crippen LogP contribution in [0.15, 0.2) is 12.3 Å². The third-order valence-electron chi connectivity index (χ3n) is 4.75. The topological polar surface area (TPSA) is 85.2 Å². The molecular weight excluding hydrogens is 368 g/mol. The van der Waals surface area contributed by atoms with Gasteiger partial charge in [0.05, 0.1) is 24.7 Å². The molecule has 0 aliphatic heterocycles. The Balaban J connectivity index is 2.60. The van der Waals surface area contributed by atoms with Gasteiger partial charge in [-0.3, -0.25) is 4.79 Å². The standard InChI is InChI=1S/C22H34N4O3/c1-13(2)8-9-26-20(22(28)29-7)19(25-16(6)27)18-11-17(12-23-21(18)26)24-15(5)10-14(3)4/h11-15,24H,8-10H2,1-7H3,(H,25,27)/t15-/m1/s1. The summed E-state index contributed by atoms with van der Waals surface area (Å²) in [4.78, 5) is 29.1. The van der Waals surface area contributed by atoms with Crippen molar-refractivity contribution < 1.29 is 14.3 Å². The van der Waals surface area contributed by atoms with Gasteiger partial charge in [-0.15, -0.1) is 0 Å². The number of pyridine rings is 1. The molecule has 0 aliphatic rings. The van der Waals surface area contributed by atoms with Crippen molar-refractivity contribution in [3.05, 3.63) is 18.0 Å². The van der Waals surface area contributed by atoms with Gasteiger partial charge in [-0.1, -0.05) is 27.7 Å². The van der Waals surface area contributed by atoms with E-state index in [4.69, 9.17) is 4.74 Å². The van der Waals surface area contributed by atoms with E-state index in [0.29, 0.717) is 35.4 Å². The number of carbonyl (C=O) groups is 2. The maximum atomic E-state index is 12.6. The first-order valence-corrected chi connectivity index (χ1v) is 10.3. The summed E-state index contributed by atoms with van der Waals surface area (Å²) in [5.41, 5.74) is 2.31. The Morgan fingerprint density at radius 2 is 1.86 bits per heavy atom. The minimum absolute atomic E-state index is 0.246. The number of nitrogens with zero attached hydrogens (tertiary/aromatic N) is 2. The van der Waals surface area contributed by atoms with Gasteiger partial charge in [0.2, 0.25) is 5.91 Å². The molecule has 1 atom stereocenters. The fraction of sp³-hybridized carbons (Fsp3) is 0.591. The molecule has 0 bridgehead atoms. The van der Waals surface area contributed by atoms with E-state index in [9.17, 15) is 9.59 Å². The highest BCUT2D eigenvalue weighted by Gasteiger charge is 2.25. The minimum Gasteiger partial charge on any atom is -0.464 e. The van der Waals surface area contributed by atoms with E-state index < -0.39 is 5.97 Å². The van der Waals surface area contributed by atoms with E-state index >= 15 is 0 Å². The summed E-state index contributed by atoms with van der Waals surface area (Å²) in [6.07, 6.45) is 3.68. The number of methoxy groups -OCH3 is 1. The van der Waals surface area contributed by atoms with Crippen LogP contribution >= 0.6 is 0 Å². The summed E-state index contributed by atoms with van der Waals surface area (Å²) in [6, 6.07) is 2.23. The van der Waals surface area contributed by atoms with Crippen molar-refractivity contribution in [2.24, 2.45) is 11.8 Å². The Morgan fingerprint density at radius 1 is 1.17 bits per heavy atom. The quantitative estimate of drug-likeness (QED) is 0.595.